The van der Waals surface area contributed by atoms with Crippen LogP contribution in [-0.4, -0.2) is 6.54 Å². The van der Waals surface area contributed by atoms with E-state index in [-0.39, 0.29) is 0 Å². The largest absolute Gasteiger partial charge is 0.310 e. The number of aryl methyl sites for hydroxylation is 2. The van der Waals surface area contributed by atoms with E-state index in [0.29, 0.717) is 11.5 Å². The molecule has 1 aromatic carbocycles. The Balaban J connectivity index is 2.89. The van der Waals surface area contributed by atoms with Crippen LogP contribution >= 0.6 is 0 Å². The molecule has 0 amide bonds. The summed E-state index contributed by atoms with van der Waals surface area (Å²) < 4.78 is 0. The Kier molecular flexibility index (Phi) is 6.06. The molecule has 1 unspecified atom stereocenters. The quantitative estimate of drug-likeness (QED) is 0.745. The van der Waals surface area contributed by atoms with Crippen molar-refractivity contribution in [1.82, 2.24) is 5.32 Å². The van der Waals surface area contributed by atoms with Crippen molar-refractivity contribution in [3.05, 3.63) is 34.9 Å². The summed E-state index contributed by atoms with van der Waals surface area (Å²) in [6.45, 7) is 14.8. The van der Waals surface area contributed by atoms with Gasteiger partial charge in [0.15, 0.2) is 0 Å². The van der Waals surface area contributed by atoms with Crippen molar-refractivity contribution in [3.63, 3.8) is 0 Å². The Labute approximate surface area is 119 Å². The zero-order valence-corrected chi connectivity index (χ0v) is 13.6. The lowest BCUT2D eigenvalue weighted by Crippen LogP contribution is -2.25. The number of hydrogen-bond donors (Lipinski definition) is 1. The van der Waals surface area contributed by atoms with Crippen molar-refractivity contribution in [3.8, 4) is 0 Å². The highest BCUT2D eigenvalue weighted by Crippen LogP contribution is 2.30. The lowest BCUT2D eigenvalue weighted by Gasteiger charge is -2.26. The van der Waals surface area contributed by atoms with E-state index in [9.17, 15) is 0 Å². The van der Waals surface area contributed by atoms with Gasteiger partial charge in [-0.25, -0.2) is 0 Å². The predicted octanol–water partition coefficient (Wildman–Crippen LogP) is 5.17. The molecule has 1 atom stereocenters. The third-order valence-electron chi connectivity index (χ3n) is 3.71. The normalized spacial score (nSPS) is 13.6. The lowest BCUT2D eigenvalue weighted by molar-refractivity contribution is 0.331. The molecule has 0 saturated carbocycles. The Morgan fingerprint density at radius 3 is 2.16 bits per heavy atom. The zero-order valence-electron chi connectivity index (χ0n) is 13.6. The molecule has 0 heterocycles. The van der Waals surface area contributed by atoms with Gasteiger partial charge >= 0.3 is 0 Å². The molecule has 1 rings (SSSR count). The Morgan fingerprint density at radius 2 is 1.68 bits per heavy atom. The van der Waals surface area contributed by atoms with Gasteiger partial charge in [0.1, 0.15) is 0 Å². The average Bonchev–Trinajstić information content (AvgIpc) is 2.30. The van der Waals surface area contributed by atoms with Crippen LogP contribution < -0.4 is 5.32 Å². The van der Waals surface area contributed by atoms with E-state index in [1.54, 1.807) is 0 Å². The molecule has 1 nitrogen and oxygen atoms in total. The monoisotopic (exact) mass is 261 g/mol. The van der Waals surface area contributed by atoms with Crippen LogP contribution in [0.1, 0.15) is 69.7 Å². The van der Waals surface area contributed by atoms with Crippen molar-refractivity contribution in [1.29, 1.82) is 0 Å². The van der Waals surface area contributed by atoms with Crippen molar-refractivity contribution in [2.24, 2.45) is 5.41 Å². The van der Waals surface area contributed by atoms with E-state index in [4.69, 9.17) is 0 Å². The molecule has 0 spiro atoms. The van der Waals surface area contributed by atoms with E-state index in [0.717, 1.165) is 6.54 Å². The van der Waals surface area contributed by atoms with E-state index < -0.39 is 0 Å². The van der Waals surface area contributed by atoms with Gasteiger partial charge in [0, 0.05) is 6.04 Å². The van der Waals surface area contributed by atoms with Crippen molar-refractivity contribution in [2.45, 2.75) is 66.8 Å². The minimum Gasteiger partial charge on any atom is -0.310 e. The number of benzene rings is 1. The highest BCUT2D eigenvalue weighted by molar-refractivity contribution is 5.36. The number of rotatable bonds is 6. The Hall–Kier alpha value is -0.820. The molecule has 0 aliphatic rings. The molecule has 0 aliphatic carbocycles. The van der Waals surface area contributed by atoms with Gasteiger partial charge in [0.25, 0.3) is 0 Å². The topological polar surface area (TPSA) is 12.0 Å². The fourth-order valence-corrected chi connectivity index (χ4v) is 2.62. The molecule has 0 aromatic heterocycles. The Morgan fingerprint density at radius 1 is 1.11 bits per heavy atom. The molecule has 0 radical (unpaired) electrons. The lowest BCUT2D eigenvalue weighted by atomic mass is 9.85. The van der Waals surface area contributed by atoms with E-state index in [1.165, 1.54) is 36.0 Å². The molecule has 1 heteroatoms. The third-order valence-corrected chi connectivity index (χ3v) is 3.71. The first-order valence-corrected chi connectivity index (χ1v) is 7.64. The van der Waals surface area contributed by atoms with Crippen LogP contribution in [-0.2, 0) is 0 Å². The summed E-state index contributed by atoms with van der Waals surface area (Å²) >= 11 is 0. The maximum absolute atomic E-state index is 3.74. The van der Waals surface area contributed by atoms with Gasteiger partial charge in [-0.15, -0.1) is 0 Å². The first-order valence-electron chi connectivity index (χ1n) is 7.64. The van der Waals surface area contributed by atoms with Crippen LogP contribution in [0.2, 0.25) is 0 Å². The average molecular weight is 261 g/mol. The van der Waals surface area contributed by atoms with Crippen molar-refractivity contribution < 1.29 is 0 Å². The first kappa shape index (κ1) is 16.2. The van der Waals surface area contributed by atoms with Gasteiger partial charge in [0.05, 0.1) is 0 Å². The molecule has 0 saturated heterocycles. The van der Waals surface area contributed by atoms with E-state index >= 15 is 0 Å². The molecule has 108 valence electrons. The molecule has 1 N–H and O–H groups in total. The maximum atomic E-state index is 3.74. The van der Waals surface area contributed by atoms with E-state index in [1.807, 2.05) is 0 Å². The summed E-state index contributed by atoms with van der Waals surface area (Å²) in [5.74, 6) is 0. The van der Waals surface area contributed by atoms with Gasteiger partial charge in [-0.1, -0.05) is 45.9 Å². The predicted molar refractivity (Wildman–Crippen MR) is 85.6 cm³/mol. The minimum absolute atomic E-state index is 0.405. The van der Waals surface area contributed by atoms with Crippen LogP contribution in [0.5, 0.6) is 0 Å². The summed E-state index contributed by atoms with van der Waals surface area (Å²) in [5, 5.41) is 3.74. The van der Waals surface area contributed by atoms with Gasteiger partial charge in [0.2, 0.25) is 0 Å². The van der Waals surface area contributed by atoms with Gasteiger partial charge < -0.3 is 5.32 Å². The van der Waals surface area contributed by atoms with Gasteiger partial charge in [-0.05, 0) is 61.8 Å². The second-order valence-electron chi connectivity index (χ2n) is 6.91. The zero-order chi connectivity index (χ0) is 14.5. The van der Waals surface area contributed by atoms with Crippen LogP contribution in [0.15, 0.2) is 18.2 Å². The second-order valence-corrected chi connectivity index (χ2v) is 6.91. The summed E-state index contributed by atoms with van der Waals surface area (Å²) in [4.78, 5) is 0. The molecule has 0 fully saturated rings. The molecule has 19 heavy (non-hydrogen) atoms. The summed E-state index contributed by atoms with van der Waals surface area (Å²) in [7, 11) is 0. The van der Waals surface area contributed by atoms with Gasteiger partial charge in [-0.3, -0.25) is 0 Å². The second kappa shape index (κ2) is 7.09. The summed E-state index contributed by atoms with van der Waals surface area (Å²) in [6.07, 6.45) is 3.66. The maximum Gasteiger partial charge on any atom is 0.0325 e. The van der Waals surface area contributed by atoms with Crippen LogP contribution in [0, 0.1) is 19.3 Å². The summed E-state index contributed by atoms with van der Waals surface area (Å²) in [6, 6.07) is 7.13. The van der Waals surface area contributed by atoms with Crippen LogP contribution in [0.3, 0.4) is 0 Å². The molecule has 1 aromatic rings. The molecular weight excluding hydrogens is 230 g/mol. The van der Waals surface area contributed by atoms with Crippen molar-refractivity contribution >= 4 is 0 Å². The SMILES string of the molecule is CCCNC(CCC(C)(C)C)c1c(C)cccc1C. The highest BCUT2D eigenvalue weighted by Gasteiger charge is 2.19. The fraction of sp³-hybridized carbons (Fsp3) is 0.667. The Bertz CT molecular complexity index is 367. The smallest absolute Gasteiger partial charge is 0.0325 e. The first-order chi connectivity index (χ1) is 8.85. The van der Waals surface area contributed by atoms with Crippen molar-refractivity contribution in [2.75, 3.05) is 6.54 Å². The number of hydrogen-bond acceptors (Lipinski definition) is 1. The third kappa shape index (κ3) is 5.36. The number of nitrogens with one attached hydrogen (secondary N) is 1. The minimum atomic E-state index is 0.405. The van der Waals surface area contributed by atoms with Crippen LogP contribution in [0.4, 0.5) is 0 Å². The fourth-order valence-electron chi connectivity index (χ4n) is 2.62. The van der Waals surface area contributed by atoms with E-state index in [2.05, 4.69) is 65.1 Å². The summed E-state index contributed by atoms with van der Waals surface area (Å²) in [5.41, 5.74) is 4.76. The molecule has 0 aliphatic heterocycles. The van der Waals surface area contributed by atoms with Gasteiger partial charge in [-0.2, -0.15) is 0 Å². The van der Waals surface area contributed by atoms with Crippen LogP contribution in [0.25, 0.3) is 0 Å². The molecular formula is C18H31N. The standard InChI is InChI=1S/C18H31N/c1-7-13-19-16(11-12-18(4,5)6)17-14(2)9-8-10-15(17)3/h8-10,16,19H,7,11-13H2,1-6H3. The highest BCUT2D eigenvalue weighted by atomic mass is 14.9. The molecule has 0 bridgehead atoms.